The van der Waals surface area contributed by atoms with Gasteiger partial charge in [-0.1, -0.05) is 42.5 Å². The number of hydrogen-bond acceptors (Lipinski definition) is 8. The Bertz CT molecular complexity index is 1640. The Kier molecular flexibility index (Phi) is 10.2. The first kappa shape index (κ1) is 32.1. The minimum atomic E-state index is -4.45. The average Bonchev–Trinajstić information content (AvgIpc) is 3.40. The summed E-state index contributed by atoms with van der Waals surface area (Å²) >= 11 is 1.20. The lowest BCUT2D eigenvalue weighted by Crippen LogP contribution is -2.30. The summed E-state index contributed by atoms with van der Waals surface area (Å²) in [4.78, 5) is 18.4. The number of aliphatic hydroxyl groups is 1. The SMILES string of the molecule is CCOCc1sc(Oc2ccc(C(F)(F)F)cc2)nc1-c1ccc(C(=O)NC(CO)c2ccc(S(=O)(=O)CC)cc2)cc1. The summed E-state index contributed by atoms with van der Waals surface area (Å²) in [6.07, 6.45) is -4.45. The molecule has 13 heteroatoms. The molecule has 1 amide bonds. The van der Waals surface area contributed by atoms with E-state index in [-0.39, 0.29) is 28.2 Å². The van der Waals surface area contributed by atoms with E-state index in [2.05, 4.69) is 10.3 Å². The zero-order chi connectivity index (χ0) is 31.2. The van der Waals surface area contributed by atoms with Gasteiger partial charge in [-0.3, -0.25) is 4.79 Å². The van der Waals surface area contributed by atoms with E-state index in [1.54, 1.807) is 43.3 Å². The average molecular weight is 635 g/mol. The summed E-state index contributed by atoms with van der Waals surface area (Å²) in [5.41, 5.74) is 1.28. The molecule has 4 rings (SSSR count). The second kappa shape index (κ2) is 13.7. The highest BCUT2D eigenvalue weighted by molar-refractivity contribution is 7.91. The van der Waals surface area contributed by atoms with Crippen LogP contribution in [0.3, 0.4) is 0 Å². The lowest BCUT2D eigenvalue weighted by molar-refractivity contribution is -0.137. The van der Waals surface area contributed by atoms with Gasteiger partial charge in [-0.05, 0) is 61.0 Å². The van der Waals surface area contributed by atoms with Crippen LogP contribution in [0.1, 0.15) is 46.3 Å². The van der Waals surface area contributed by atoms with Crippen LogP contribution in [0.25, 0.3) is 11.3 Å². The molecule has 0 saturated carbocycles. The topological polar surface area (TPSA) is 115 Å². The first-order valence-electron chi connectivity index (χ1n) is 13.2. The Hall–Kier alpha value is -3.78. The summed E-state index contributed by atoms with van der Waals surface area (Å²) in [7, 11) is -3.38. The summed E-state index contributed by atoms with van der Waals surface area (Å²) in [6, 6.07) is 16.1. The van der Waals surface area contributed by atoms with Crippen molar-refractivity contribution in [2.45, 2.75) is 37.6 Å². The van der Waals surface area contributed by atoms with Gasteiger partial charge in [0.2, 0.25) is 0 Å². The number of amides is 1. The molecule has 2 N–H and O–H groups in total. The van der Waals surface area contributed by atoms with E-state index < -0.39 is 40.1 Å². The molecule has 228 valence electrons. The molecule has 0 aliphatic heterocycles. The Balaban J connectivity index is 1.50. The number of sulfone groups is 1. The van der Waals surface area contributed by atoms with Gasteiger partial charge in [-0.25, -0.2) is 13.4 Å². The van der Waals surface area contributed by atoms with Crippen LogP contribution in [0, 0.1) is 0 Å². The van der Waals surface area contributed by atoms with Gasteiger partial charge in [0.05, 0.1) is 46.0 Å². The molecular weight excluding hydrogens is 605 g/mol. The van der Waals surface area contributed by atoms with Gasteiger partial charge >= 0.3 is 6.18 Å². The van der Waals surface area contributed by atoms with Gasteiger partial charge in [0.15, 0.2) is 9.84 Å². The van der Waals surface area contributed by atoms with Gasteiger partial charge in [-0.2, -0.15) is 13.2 Å². The third-order valence-electron chi connectivity index (χ3n) is 6.43. The molecule has 0 bridgehead atoms. The molecule has 4 aromatic rings. The smallest absolute Gasteiger partial charge is 0.416 e. The third kappa shape index (κ3) is 7.99. The van der Waals surface area contributed by atoms with Crippen LogP contribution in [0.2, 0.25) is 0 Å². The number of thiazole rings is 1. The zero-order valence-electron chi connectivity index (χ0n) is 23.2. The minimum Gasteiger partial charge on any atom is -0.431 e. The molecule has 0 radical (unpaired) electrons. The number of halogens is 3. The maximum absolute atomic E-state index is 13.0. The quantitative estimate of drug-likeness (QED) is 0.185. The van der Waals surface area contributed by atoms with Crippen molar-refractivity contribution in [3.05, 3.63) is 94.4 Å². The van der Waals surface area contributed by atoms with Crippen molar-refractivity contribution in [3.8, 4) is 22.2 Å². The first-order valence-corrected chi connectivity index (χ1v) is 15.7. The molecule has 1 aromatic heterocycles. The number of aliphatic hydroxyl groups excluding tert-OH is 1. The predicted octanol–water partition coefficient (Wildman–Crippen LogP) is 6.41. The highest BCUT2D eigenvalue weighted by Gasteiger charge is 2.30. The molecule has 3 aromatic carbocycles. The number of nitrogens with zero attached hydrogens (tertiary/aromatic N) is 1. The number of carbonyl (C=O) groups excluding carboxylic acids is 1. The fraction of sp³-hybridized carbons (Fsp3) is 0.267. The van der Waals surface area contributed by atoms with Crippen molar-refractivity contribution in [2.24, 2.45) is 0 Å². The Labute approximate surface area is 251 Å². The van der Waals surface area contributed by atoms with Gasteiger partial charge in [0, 0.05) is 17.7 Å². The number of hydrogen-bond donors (Lipinski definition) is 2. The normalized spacial score (nSPS) is 12.6. The number of carbonyl (C=O) groups is 1. The molecule has 8 nitrogen and oxygen atoms in total. The lowest BCUT2D eigenvalue weighted by atomic mass is 10.1. The van der Waals surface area contributed by atoms with Crippen LogP contribution >= 0.6 is 11.3 Å². The van der Waals surface area contributed by atoms with E-state index in [4.69, 9.17) is 9.47 Å². The zero-order valence-corrected chi connectivity index (χ0v) is 24.9. The van der Waals surface area contributed by atoms with E-state index in [0.717, 1.165) is 17.0 Å². The lowest BCUT2D eigenvalue weighted by Gasteiger charge is -2.17. The standard InChI is InChI=1S/C30H29F3N2O6S2/c1-3-40-18-26-27(35-29(42-26)41-23-13-11-22(12-14-23)30(31,32)33)20-5-7-21(8-6-20)28(37)34-25(17-36)19-9-15-24(16-10-19)43(38,39)4-2/h5-16,25,36H,3-4,17-18H2,1-2H3,(H,34,37). The van der Waals surface area contributed by atoms with E-state index >= 15 is 0 Å². The molecule has 1 atom stereocenters. The maximum atomic E-state index is 13.0. The van der Waals surface area contributed by atoms with Gasteiger partial charge in [0.25, 0.3) is 11.1 Å². The first-order chi connectivity index (χ1) is 20.4. The summed E-state index contributed by atoms with van der Waals surface area (Å²) in [5, 5.41) is 12.9. The van der Waals surface area contributed by atoms with E-state index in [1.165, 1.54) is 35.6 Å². The van der Waals surface area contributed by atoms with E-state index in [0.29, 0.717) is 29.0 Å². The van der Waals surface area contributed by atoms with Crippen molar-refractivity contribution in [1.82, 2.24) is 10.3 Å². The highest BCUT2D eigenvalue weighted by Crippen LogP contribution is 2.37. The Morgan fingerprint density at radius 2 is 1.65 bits per heavy atom. The fourth-order valence-corrected chi connectivity index (χ4v) is 5.81. The number of benzene rings is 3. The molecule has 0 saturated heterocycles. The Morgan fingerprint density at radius 3 is 2.21 bits per heavy atom. The van der Waals surface area contributed by atoms with Gasteiger partial charge in [-0.15, -0.1) is 0 Å². The monoisotopic (exact) mass is 634 g/mol. The number of aromatic nitrogens is 1. The summed E-state index contributed by atoms with van der Waals surface area (Å²) < 4.78 is 74.1. The van der Waals surface area contributed by atoms with Crippen LogP contribution < -0.4 is 10.1 Å². The predicted molar refractivity (Wildman–Crippen MR) is 156 cm³/mol. The second-order valence-electron chi connectivity index (χ2n) is 9.27. The third-order valence-corrected chi connectivity index (χ3v) is 9.09. The fourth-order valence-electron chi connectivity index (χ4n) is 4.03. The number of alkyl halides is 3. The molecule has 0 aliphatic rings. The van der Waals surface area contributed by atoms with Gasteiger partial charge < -0.3 is 19.9 Å². The van der Waals surface area contributed by atoms with Crippen LogP contribution in [-0.2, 0) is 27.4 Å². The molecule has 43 heavy (non-hydrogen) atoms. The highest BCUT2D eigenvalue weighted by atomic mass is 32.2. The molecule has 0 aliphatic carbocycles. The molecule has 1 unspecified atom stereocenters. The Morgan fingerprint density at radius 1 is 1.00 bits per heavy atom. The van der Waals surface area contributed by atoms with E-state index in [9.17, 15) is 31.5 Å². The number of ether oxygens (including phenoxy) is 2. The van der Waals surface area contributed by atoms with Crippen LogP contribution in [0.15, 0.2) is 77.7 Å². The van der Waals surface area contributed by atoms with Gasteiger partial charge in [0.1, 0.15) is 5.75 Å². The number of rotatable bonds is 12. The van der Waals surface area contributed by atoms with Crippen molar-refractivity contribution in [3.63, 3.8) is 0 Å². The van der Waals surface area contributed by atoms with Crippen molar-refractivity contribution >= 4 is 27.1 Å². The minimum absolute atomic E-state index is 0.0377. The molecular formula is C30H29F3N2O6S2. The van der Waals surface area contributed by atoms with Crippen molar-refractivity contribution in [2.75, 3.05) is 19.0 Å². The molecule has 0 spiro atoms. The number of nitrogens with one attached hydrogen (secondary N) is 1. The summed E-state index contributed by atoms with van der Waals surface area (Å²) in [6.45, 7) is 3.68. The van der Waals surface area contributed by atoms with E-state index in [1.807, 2.05) is 6.92 Å². The molecule has 1 heterocycles. The van der Waals surface area contributed by atoms with Crippen LogP contribution in [0.4, 0.5) is 13.2 Å². The van der Waals surface area contributed by atoms with Crippen LogP contribution in [0.5, 0.6) is 10.9 Å². The summed E-state index contributed by atoms with van der Waals surface area (Å²) in [5.74, 6) is -0.289. The van der Waals surface area contributed by atoms with Crippen molar-refractivity contribution in [1.29, 1.82) is 0 Å². The second-order valence-corrected chi connectivity index (χ2v) is 12.6. The van der Waals surface area contributed by atoms with Crippen LogP contribution in [-0.4, -0.2) is 43.4 Å². The van der Waals surface area contributed by atoms with Crippen molar-refractivity contribution < 1.29 is 41.0 Å². The largest absolute Gasteiger partial charge is 0.431 e. The molecule has 0 fully saturated rings. The maximum Gasteiger partial charge on any atom is 0.416 e.